The van der Waals surface area contributed by atoms with Crippen molar-refractivity contribution in [3.63, 3.8) is 0 Å². The van der Waals surface area contributed by atoms with Crippen LogP contribution in [-0.4, -0.2) is 33.9 Å². The van der Waals surface area contributed by atoms with E-state index in [0.29, 0.717) is 13.0 Å². The lowest BCUT2D eigenvalue weighted by molar-refractivity contribution is -0.131. The van der Waals surface area contributed by atoms with Crippen molar-refractivity contribution in [1.82, 2.24) is 14.9 Å². The SMILES string of the molecule is CCNc1cnc(CN2CCCCCC2=O)cn1. The van der Waals surface area contributed by atoms with Crippen LogP contribution in [-0.2, 0) is 11.3 Å². The van der Waals surface area contributed by atoms with Crippen molar-refractivity contribution < 1.29 is 4.79 Å². The fourth-order valence-corrected chi connectivity index (χ4v) is 2.11. The molecule has 1 saturated heterocycles. The first-order valence-electron chi connectivity index (χ1n) is 6.62. The van der Waals surface area contributed by atoms with Crippen LogP contribution in [0.15, 0.2) is 12.4 Å². The van der Waals surface area contributed by atoms with E-state index < -0.39 is 0 Å². The van der Waals surface area contributed by atoms with Gasteiger partial charge in [-0.2, -0.15) is 0 Å². The maximum absolute atomic E-state index is 11.9. The Bertz CT molecular complexity index is 390. The highest BCUT2D eigenvalue weighted by molar-refractivity contribution is 5.76. The molecule has 5 heteroatoms. The van der Waals surface area contributed by atoms with E-state index >= 15 is 0 Å². The summed E-state index contributed by atoms with van der Waals surface area (Å²) < 4.78 is 0. The molecule has 1 fully saturated rings. The zero-order chi connectivity index (χ0) is 12.8. The summed E-state index contributed by atoms with van der Waals surface area (Å²) in [5, 5.41) is 3.10. The van der Waals surface area contributed by atoms with E-state index in [0.717, 1.165) is 43.9 Å². The number of hydrogen-bond donors (Lipinski definition) is 1. The van der Waals surface area contributed by atoms with Crippen molar-refractivity contribution in [2.45, 2.75) is 39.2 Å². The number of rotatable bonds is 4. The monoisotopic (exact) mass is 248 g/mol. The lowest BCUT2D eigenvalue weighted by atomic mass is 10.2. The van der Waals surface area contributed by atoms with E-state index in [1.807, 2.05) is 11.8 Å². The summed E-state index contributed by atoms with van der Waals surface area (Å²) in [7, 11) is 0. The Hall–Kier alpha value is -1.65. The third-order valence-corrected chi connectivity index (χ3v) is 3.09. The summed E-state index contributed by atoms with van der Waals surface area (Å²) in [6.07, 6.45) is 7.39. The zero-order valence-corrected chi connectivity index (χ0v) is 10.9. The Labute approximate surface area is 108 Å². The molecule has 1 aliphatic heterocycles. The second kappa shape index (κ2) is 6.33. The number of aromatic nitrogens is 2. The topological polar surface area (TPSA) is 58.1 Å². The molecule has 0 spiro atoms. The van der Waals surface area contributed by atoms with Gasteiger partial charge in [0.1, 0.15) is 5.82 Å². The molecule has 0 saturated carbocycles. The van der Waals surface area contributed by atoms with Crippen LogP contribution in [0, 0.1) is 0 Å². The maximum Gasteiger partial charge on any atom is 0.222 e. The maximum atomic E-state index is 11.9. The standard InChI is InChI=1S/C13H20N4O/c1-2-14-12-9-15-11(8-16-12)10-17-7-5-3-4-6-13(17)18/h8-9H,2-7,10H2,1H3,(H,14,16). The molecular weight excluding hydrogens is 228 g/mol. The quantitative estimate of drug-likeness (QED) is 0.883. The molecule has 0 aromatic carbocycles. The average Bonchev–Trinajstić information content (AvgIpc) is 2.58. The highest BCUT2D eigenvalue weighted by Crippen LogP contribution is 2.13. The van der Waals surface area contributed by atoms with Crippen molar-refractivity contribution >= 4 is 11.7 Å². The van der Waals surface area contributed by atoms with Gasteiger partial charge in [-0.25, -0.2) is 4.98 Å². The summed E-state index contributed by atoms with van der Waals surface area (Å²) in [4.78, 5) is 22.4. The Balaban J connectivity index is 1.97. The number of hydrogen-bond acceptors (Lipinski definition) is 4. The predicted octanol–water partition coefficient (Wildman–Crippen LogP) is 1.81. The van der Waals surface area contributed by atoms with Gasteiger partial charge in [-0.15, -0.1) is 0 Å². The van der Waals surface area contributed by atoms with Gasteiger partial charge in [-0.3, -0.25) is 9.78 Å². The van der Waals surface area contributed by atoms with E-state index in [4.69, 9.17) is 0 Å². The molecule has 0 atom stereocenters. The zero-order valence-electron chi connectivity index (χ0n) is 10.9. The van der Waals surface area contributed by atoms with Gasteiger partial charge in [0, 0.05) is 19.5 Å². The van der Waals surface area contributed by atoms with Gasteiger partial charge in [0.25, 0.3) is 0 Å². The number of anilines is 1. The normalized spacial score (nSPS) is 16.5. The number of likely N-dealkylation sites (tertiary alicyclic amines) is 1. The van der Waals surface area contributed by atoms with Gasteiger partial charge in [0.15, 0.2) is 0 Å². The van der Waals surface area contributed by atoms with Gasteiger partial charge in [0.05, 0.1) is 24.6 Å². The summed E-state index contributed by atoms with van der Waals surface area (Å²) in [5.74, 6) is 1.02. The Morgan fingerprint density at radius 3 is 2.89 bits per heavy atom. The third kappa shape index (κ3) is 3.42. The summed E-state index contributed by atoms with van der Waals surface area (Å²) in [6.45, 7) is 4.28. The lowest BCUT2D eigenvalue weighted by Crippen LogP contribution is -2.30. The Kier molecular flexibility index (Phi) is 4.50. The molecule has 0 aliphatic carbocycles. The largest absolute Gasteiger partial charge is 0.369 e. The van der Waals surface area contributed by atoms with E-state index in [1.165, 1.54) is 0 Å². The minimum atomic E-state index is 0.241. The van der Waals surface area contributed by atoms with Crippen LogP contribution in [0.3, 0.4) is 0 Å². The van der Waals surface area contributed by atoms with E-state index in [2.05, 4.69) is 15.3 Å². The van der Waals surface area contributed by atoms with Crippen molar-refractivity contribution in [3.05, 3.63) is 18.1 Å². The number of nitrogens with zero attached hydrogens (tertiary/aromatic N) is 3. The highest BCUT2D eigenvalue weighted by atomic mass is 16.2. The first-order valence-corrected chi connectivity index (χ1v) is 6.62. The minimum absolute atomic E-state index is 0.241. The van der Waals surface area contributed by atoms with Crippen LogP contribution in [0.5, 0.6) is 0 Å². The highest BCUT2D eigenvalue weighted by Gasteiger charge is 2.17. The van der Waals surface area contributed by atoms with Crippen LogP contribution in [0.25, 0.3) is 0 Å². The summed E-state index contributed by atoms with van der Waals surface area (Å²) in [5.41, 5.74) is 0.854. The molecule has 1 N–H and O–H groups in total. The predicted molar refractivity (Wildman–Crippen MR) is 70.1 cm³/mol. The van der Waals surface area contributed by atoms with E-state index in [9.17, 15) is 4.79 Å². The number of carbonyl (C=O) groups is 1. The minimum Gasteiger partial charge on any atom is -0.369 e. The van der Waals surface area contributed by atoms with Gasteiger partial charge < -0.3 is 10.2 Å². The smallest absolute Gasteiger partial charge is 0.222 e. The van der Waals surface area contributed by atoms with E-state index in [-0.39, 0.29) is 5.91 Å². The molecule has 1 aromatic heterocycles. The molecule has 2 heterocycles. The van der Waals surface area contributed by atoms with Crippen LogP contribution in [0.2, 0.25) is 0 Å². The fraction of sp³-hybridized carbons (Fsp3) is 0.615. The molecular formula is C13H20N4O. The summed E-state index contributed by atoms with van der Waals surface area (Å²) >= 11 is 0. The van der Waals surface area contributed by atoms with E-state index in [1.54, 1.807) is 12.4 Å². The molecule has 2 rings (SSSR count). The molecule has 18 heavy (non-hydrogen) atoms. The second-order valence-corrected chi connectivity index (χ2v) is 4.55. The molecule has 0 radical (unpaired) electrons. The number of carbonyl (C=O) groups excluding carboxylic acids is 1. The van der Waals surface area contributed by atoms with Crippen LogP contribution in [0.4, 0.5) is 5.82 Å². The van der Waals surface area contributed by atoms with Crippen LogP contribution < -0.4 is 5.32 Å². The van der Waals surface area contributed by atoms with Gasteiger partial charge in [-0.1, -0.05) is 6.42 Å². The Morgan fingerprint density at radius 1 is 1.28 bits per heavy atom. The first-order chi connectivity index (χ1) is 8.79. The lowest BCUT2D eigenvalue weighted by Gasteiger charge is -2.19. The first kappa shape index (κ1) is 12.8. The van der Waals surface area contributed by atoms with Crippen molar-refractivity contribution in [2.75, 3.05) is 18.4 Å². The van der Waals surface area contributed by atoms with Crippen LogP contribution >= 0.6 is 0 Å². The van der Waals surface area contributed by atoms with Gasteiger partial charge >= 0.3 is 0 Å². The number of nitrogens with one attached hydrogen (secondary N) is 1. The number of amides is 1. The van der Waals surface area contributed by atoms with Crippen molar-refractivity contribution in [2.24, 2.45) is 0 Å². The molecule has 1 amide bonds. The molecule has 1 aromatic rings. The van der Waals surface area contributed by atoms with Crippen molar-refractivity contribution in [3.8, 4) is 0 Å². The molecule has 1 aliphatic rings. The van der Waals surface area contributed by atoms with Crippen molar-refractivity contribution in [1.29, 1.82) is 0 Å². The second-order valence-electron chi connectivity index (χ2n) is 4.55. The third-order valence-electron chi connectivity index (χ3n) is 3.09. The average molecular weight is 248 g/mol. The molecule has 0 bridgehead atoms. The molecule has 0 unspecified atom stereocenters. The Morgan fingerprint density at radius 2 is 2.17 bits per heavy atom. The summed E-state index contributed by atoms with van der Waals surface area (Å²) in [6, 6.07) is 0. The van der Waals surface area contributed by atoms with Gasteiger partial charge in [0.2, 0.25) is 5.91 Å². The molecule has 98 valence electrons. The van der Waals surface area contributed by atoms with Crippen LogP contribution in [0.1, 0.15) is 38.3 Å². The van der Waals surface area contributed by atoms with Gasteiger partial charge in [-0.05, 0) is 19.8 Å². The fourth-order valence-electron chi connectivity index (χ4n) is 2.11. The molecule has 5 nitrogen and oxygen atoms in total.